The Hall–Kier alpha value is -4.26. The van der Waals surface area contributed by atoms with Gasteiger partial charge in [-0.15, -0.1) is 0 Å². The monoisotopic (exact) mass is 468 g/mol. The zero-order valence-electron chi connectivity index (χ0n) is 19.7. The van der Waals surface area contributed by atoms with Crippen LogP contribution in [-0.4, -0.2) is 21.8 Å². The fourth-order valence-corrected chi connectivity index (χ4v) is 3.67. The third-order valence-electron chi connectivity index (χ3n) is 5.57. The number of hydrogen-bond acceptors (Lipinski definition) is 5. The maximum absolute atomic E-state index is 12.4. The van der Waals surface area contributed by atoms with E-state index in [1.165, 1.54) is 5.56 Å². The van der Waals surface area contributed by atoms with Crippen molar-refractivity contribution in [3.8, 4) is 11.5 Å². The highest BCUT2D eigenvalue weighted by Crippen LogP contribution is 2.24. The molecule has 4 aromatic rings. The zero-order chi connectivity index (χ0) is 24.5. The fraction of sp³-hybridized carbons (Fsp3) is 0.214. The number of carbonyl (C=O) groups is 2. The summed E-state index contributed by atoms with van der Waals surface area (Å²) in [5, 5.41) is 5.77. The average Bonchev–Trinajstić information content (AvgIpc) is 3.27. The van der Waals surface area contributed by atoms with Gasteiger partial charge in [-0.05, 0) is 62.1 Å². The smallest absolute Gasteiger partial charge is 0.274 e. The van der Waals surface area contributed by atoms with Gasteiger partial charge in [0.25, 0.3) is 5.91 Å². The lowest BCUT2D eigenvalue weighted by Crippen LogP contribution is -2.22. The van der Waals surface area contributed by atoms with Gasteiger partial charge in [-0.25, -0.2) is 4.98 Å². The van der Waals surface area contributed by atoms with E-state index in [1.54, 1.807) is 36.5 Å². The minimum absolute atomic E-state index is 0.00115. The van der Waals surface area contributed by atoms with Gasteiger partial charge in [0.15, 0.2) is 0 Å². The summed E-state index contributed by atoms with van der Waals surface area (Å²) in [6, 6.07) is 22.7. The molecule has 0 atom stereocenters. The van der Waals surface area contributed by atoms with Gasteiger partial charge in [-0.1, -0.05) is 42.5 Å². The van der Waals surface area contributed by atoms with Crippen molar-refractivity contribution in [3.63, 3.8) is 0 Å². The minimum Gasteiger partial charge on any atom is -0.441 e. The van der Waals surface area contributed by atoms with Crippen LogP contribution in [0.3, 0.4) is 0 Å². The molecule has 0 aliphatic rings. The molecule has 7 heteroatoms. The maximum Gasteiger partial charge on any atom is 0.274 e. The molecule has 35 heavy (non-hydrogen) atoms. The molecule has 178 valence electrons. The van der Waals surface area contributed by atoms with E-state index < -0.39 is 0 Å². The first kappa shape index (κ1) is 23.9. The molecule has 2 aromatic heterocycles. The maximum atomic E-state index is 12.4. The third kappa shape index (κ3) is 6.86. The quantitative estimate of drug-likeness (QED) is 0.307. The lowest BCUT2D eigenvalue weighted by molar-refractivity contribution is -0.121. The van der Waals surface area contributed by atoms with Gasteiger partial charge < -0.3 is 15.1 Å². The number of rotatable bonds is 10. The van der Waals surface area contributed by atoms with Gasteiger partial charge in [0.1, 0.15) is 17.1 Å². The second-order valence-corrected chi connectivity index (χ2v) is 8.24. The topological polar surface area (TPSA) is 97.1 Å². The van der Waals surface area contributed by atoms with Crippen LogP contribution in [0.25, 0.3) is 11.5 Å². The molecular weight excluding hydrogens is 440 g/mol. The summed E-state index contributed by atoms with van der Waals surface area (Å²) in [6.45, 7) is 2.13. The molecule has 0 saturated carbocycles. The Balaban J connectivity index is 1.29. The molecule has 4 rings (SSSR count). The van der Waals surface area contributed by atoms with Crippen molar-refractivity contribution in [1.82, 2.24) is 15.3 Å². The van der Waals surface area contributed by atoms with Gasteiger partial charge in [-0.3, -0.25) is 14.6 Å². The average molecular weight is 469 g/mol. The highest BCUT2D eigenvalue weighted by atomic mass is 16.4. The van der Waals surface area contributed by atoms with E-state index in [1.807, 2.05) is 37.3 Å². The number of nitrogens with one attached hydrogen (secondary N) is 2. The lowest BCUT2D eigenvalue weighted by atomic mass is 10.1. The number of carbonyl (C=O) groups excluding carboxylic acids is 2. The predicted molar refractivity (Wildman–Crippen MR) is 135 cm³/mol. The van der Waals surface area contributed by atoms with Gasteiger partial charge in [-0.2, -0.15) is 0 Å². The Labute approximate surface area is 204 Å². The molecule has 0 fully saturated rings. The van der Waals surface area contributed by atoms with E-state index in [-0.39, 0.29) is 11.8 Å². The molecule has 0 aliphatic heterocycles. The number of nitrogens with zero attached hydrogens (tertiary/aromatic N) is 2. The zero-order valence-corrected chi connectivity index (χ0v) is 19.7. The number of benzene rings is 2. The van der Waals surface area contributed by atoms with E-state index in [4.69, 9.17) is 4.42 Å². The Morgan fingerprint density at radius 1 is 0.943 bits per heavy atom. The molecule has 2 aromatic carbocycles. The van der Waals surface area contributed by atoms with Gasteiger partial charge >= 0.3 is 0 Å². The molecule has 2 N–H and O–H groups in total. The van der Waals surface area contributed by atoms with Crippen molar-refractivity contribution < 1.29 is 14.0 Å². The molecule has 2 amide bonds. The van der Waals surface area contributed by atoms with E-state index >= 15 is 0 Å². The highest BCUT2D eigenvalue weighted by Gasteiger charge is 2.14. The van der Waals surface area contributed by atoms with Crippen LogP contribution >= 0.6 is 0 Å². The summed E-state index contributed by atoms with van der Waals surface area (Å²) in [5.74, 6) is 0.788. The van der Waals surface area contributed by atoms with Crippen LogP contribution in [0.4, 0.5) is 5.69 Å². The SMILES string of the molecule is Cc1oc(-c2cccc(NC(=O)c3ccccn3)c2)nc1CNC(=O)CCCCc1ccccc1. The molecule has 0 bridgehead atoms. The number of pyridine rings is 1. The van der Waals surface area contributed by atoms with Crippen LogP contribution in [0, 0.1) is 6.92 Å². The summed E-state index contributed by atoms with van der Waals surface area (Å²) >= 11 is 0. The first-order valence-electron chi connectivity index (χ1n) is 11.7. The molecular formula is C28H28N4O3. The van der Waals surface area contributed by atoms with E-state index in [9.17, 15) is 9.59 Å². The Morgan fingerprint density at radius 2 is 1.77 bits per heavy atom. The van der Waals surface area contributed by atoms with Gasteiger partial charge in [0, 0.05) is 23.9 Å². The predicted octanol–water partition coefficient (Wildman–Crippen LogP) is 5.33. The lowest BCUT2D eigenvalue weighted by Gasteiger charge is -2.05. The van der Waals surface area contributed by atoms with Crippen LogP contribution in [0.1, 0.15) is 46.8 Å². The van der Waals surface area contributed by atoms with Crippen molar-refractivity contribution in [2.75, 3.05) is 5.32 Å². The molecule has 0 saturated heterocycles. The number of unbranched alkanes of at least 4 members (excludes halogenated alkanes) is 1. The number of oxazole rings is 1. The Bertz CT molecular complexity index is 1270. The first-order valence-corrected chi connectivity index (χ1v) is 11.7. The number of amides is 2. The highest BCUT2D eigenvalue weighted by molar-refractivity contribution is 6.03. The number of aryl methyl sites for hydroxylation is 2. The standard InChI is InChI=1S/C28H28N4O3/c1-20-25(19-30-26(33)16-6-5-12-21-10-3-2-4-11-21)32-28(35-20)22-13-9-14-23(18-22)31-27(34)24-15-7-8-17-29-24/h2-4,7-11,13-15,17-18H,5-6,12,16,19H2,1H3,(H,30,33)(H,31,34). The van der Waals surface area contributed by atoms with E-state index in [0.29, 0.717) is 41.7 Å². The third-order valence-corrected chi connectivity index (χ3v) is 5.57. The largest absolute Gasteiger partial charge is 0.441 e. The Kier molecular flexibility index (Phi) is 8.01. The summed E-state index contributed by atoms with van der Waals surface area (Å²) in [6.07, 6.45) is 4.83. The van der Waals surface area contributed by atoms with Crippen LogP contribution in [0.5, 0.6) is 0 Å². The van der Waals surface area contributed by atoms with Crippen molar-refractivity contribution in [2.24, 2.45) is 0 Å². The Morgan fingerprint density at radius 3 is 2.57 bits per heavy atom. The van der Waals surface area contributed by atoms with Crippen LogP contribution in [-0.2, 0) is 17.8 Å². The molecule has 0 unspecified atom stereocenters. The molecule has 7 nitrogen and oxygen atoms in total. The number of aromatic nitrogens is 2. The van der Waals surface area contributed by atoms with Crippen molar-refractivity contribution in [1.29, 1.82) is 0 Å². The van der Waals surface area contributed by atoms with Crippen molar-refractivity contribution in [3.05, 3.63) is 102 Å². The van der Waals surface area contributed by atoms with Crippen LogP contribution in [0.2, 0.25) is 0 Å². The minimum atomic E-state index is -0.293. The molecule has 0 radical (unpaired) electrons. The number of anilines is 1. The van der Waals surface area contributed by atoms with Crippen LogP contribution in [0.15, 0.2) is 83.4 Å². The van der Waals surface area contributed by atoms with Crippen molar-refractivity contribution >= 4 is 17.5 Å². The normalized spacial score (nSPS) is 10.7. The molecule has 0 spiro atoms. The fourth-order valence-electron chi connectivity index (χ4n) is 3.67. The summed E-state index contributed by atoms with van der Waals surface area (Å²) in [5.41, 5.74) is 3.65. The van der Waals surface area contributed by atoms with Crippen LogP contribution < -0.4 is 10.6 Å². The van der Waals surface area contributed by atoms with E-state index in [2.05, 4.69) is 32.7 Å². The molecule has 2 heterocycles. The van der Waals surface area contributed by atoms with E-state index in [0.717, 1.165) is 24.8 Å². The second-order valence-electron chi connectivity index (χ2n) is 8.24. The summed E-state index contributed by atoms with van der Waals surface area (Å²) < 4.78 is 5.84. The van der Waals surface area contributed by atoms with Gasteiger partial charge in [0.05, 0.1) is 6.54 Å². The van der Waals surface area contributed by atoms with Crippen molar-refractivity contribution in [2.45, 2.75) is 39.2 Å². The summed E-state index contributed by atoms with van der Waals surface area (Å²) in [4.78, 5) is 33.3. The molecule has 0 aliphatic carbocycles. The van der Waals surface area contributed by atoms with Gasteiger partial charge in [0.2, 0.25) is 11.8 Å². The number of hydrogen-bond donors (Lipinski definition) is 2. The first-order chi connectivity index (χ1) is 17.1. The second kappa shape index (κ2) is 11.7. The summed E-state index contributed by atoms with van der Waals surface area (Å²) in [7, 11) is 0.